The molecule has 2 N–H and O–H groups in total. The summed E-state index contributed by atoms with van der Waals surface area (Å²) >= 11 is 6.01. The molecule has 1 atom stereocenters. The van der Waals surface area contributed by atoms with Crippen LogP contribution in [0.5, 0.6) is 0 Å². The third-order valence-corrected chi connectivity index (χ3v) is 4.96. The lowest BCUT2D eigenvalue weighted by atomic mass is 10.1. The summed E-state index contributed by atoms with van der Waals surface area (Å²) in [5.41, 5.74) is 2.75. The number of amides is 2. The molecular weight excluding hydrogens is 400 g/mol. The van der Waals surface area contributed by atoms with Gasteiger partial charge in [0.2, 0.25) is 0 Å². The molecule has 0 spiro atoms. The largest absolute Gasteiger partial charge is 0.336 e. The Morgan fingerprint density at radius 3 is 2.60 bits per heavy atom. The number of halogens is 1. The molecule has 4 rings (SSSR count). The molecule has 152 valence electrons. The van der Waals surface area contributed by atoms with Gasteiger partial charge in [-0.05, 0) is 29.8 Å². The van der Waals surface area contributed by atoms with Crippen LogP contribution in [0.25, 0.3) is 5.69 Å². The van der Waals surface area contributed by atoms with Crippen molar-refractivity contribution in [2.45, 2.75) is 12.6 Å². The van der Waals surface area contributed by atoms with E-state index in [0.29, 0.717) is 11.6 Å². The maximum Gasteiger partial charge on any atom is 0.315 e. The monoisotopic (exact) mass is 420 g/mol. The number of carbonyl (C=O) groups is 1. The van der Waals surface area contributed by atoms with E-state index in [0.717, 1.165) is 22.6 Å². The third kappa shape index (κ3) is 4.52. The van der Waals surface area contributed by atoms with Gasteiger partial charge >= 0.3 is 6.03 Å². The number of nitrogens with one attached hydrogen (secondary N) is 2. The number of imidazole rings is 1. The average molecular weight is 421 g/mol. The fourth-order valence-corrected chi connectivity index (χ4v) is 3.27. The van der Waals surface area contributed by atoms with Crippen LogP contribution in [-0.4, -0.2) is 25.4 Å². The van der Waals surface area contributed by atoms with Crippen molar-refractivity contribution in [2.24, 2.45) is 7.05 Å². The lowest BCUT2D eigenvalue weighted by molar-refractivity contribution is 0.237. The molecule has 2 amide bonds. The van der Waals surface area contributed by atoms with Crippen molar-refractivity contribution in [3.8, 4) is 5.69 Å². The van der Waals surface area contributed by atoms with Gasteiger partial charge in [0.25, 0.3) is 0 Å². The van der Waals surface area contributed by atoms with Crippen LogP contribution < -0.4 is 10.6 Å². The smallest absolute Gasteiger partial charge is 0.315 e. The van der Waals surface area contributed by atoms with Gasteiger partial charge in [-0.1, -0.05) is 41.9 Å². The Hall–Kier alpha value is -3.58. The summed E-state index contributed by atoms with van der Waals surface area (Å²) in [7, 11) is 1.89. The van der Waals surface area contributed by atoms with E-state index >= 15 is 0 Å². The van der Waals surface area contributed by atoms with Crippen LogP contribution in [0.15, 0.2) is 79.4 Å². The number of hydrogen-bond acceptors (Lipinski definition) is 3. The first kappa shape index (κ1) is 19.7. The lowest BCUT2D eigenvalue weighted by Crippen LogP contribution is -2.38. The first-order chi connectivity index (χ1) is 14.6. The highest BCUT2D eigenvalue weighted by Gasteiger charge is 2.20. The molecule has 4 aromatic rings. The van der Waals surface area contributed by atoms with Crippen molar-refractivity contribution in [3.05, 3.63) is 101 Å². The third-order valence-electron chi connectivity index (χ3n) is 4.71. The molecule has 1 unspecified atom stereocenters. The van der Waals surface area contributed by atoms with Gasteiger partial charge in [-0.25, -0.2) is 14.5 Å². The van der Waals surface area contributed by atoms with Gasteiger partial charge in [-0.2, -0.15) is 5.10 Å². The van der Waals surface area contributed by atoms with Crippen molar-refractivity contribution in [1.82, 2.24) is 30.0 Å². The molecule has 2 aromatic heterocycles. The molecule has 2 aromatic carbocycles. The summed E-state index contributed by atoms with van der Waals surface area (Å²) in [5.74, 6) is 0.726. The lowest BCUT2D eigenvalue weighted by Gasteiger charge is -2.19. The summed E-state index contributed by atoms with van der Waals surface area (Å²) in [4.78, 5) is 17.0. The van der Waals surface area contributed by atoms with Crippen LogP contribution in [0, 0.1) is 0 Å². The molecular formula is C22H21ClN6O. The Morgan fingerprint density at radius 2 is 1.90 bits per heavy atom. The molecule has 0 saturated heterocycles. The van der Waals surface area contributed by atoms with Crippen molar-refractivity contribution in [1.29, 1.82) is 0 Å². The Balaban J connectivity index is 1.44. The van der Waals surface area contributed by atoms with Crippen LogP contribution in [-0.2, 0) is 13.6 Å². The first-order valence-electron chi connectivity index (χ1n) is 9.46. The fraction of sp³-hybridized carbons (Fsp3) is 0.136. The highest BCUT2D eigenvalue weighted by Crippen LogP contribution is 2.22. The van der Waals surface area contributed by atoms with Crippen LogP contribution in [0.4, 0.5) is 4.79 Å². The van der Waals surface area contributed by atoms with Gasteiger partial charge in [0.1, 0.15) is 11.9 Å². The average Bonchev–Trinajstić information content (AvgIpc) is 3.41. The molecule has 0 fully saturated rings. The highest BCUT2D eigenvalue weighted by molar-refractivity contribution is 6.30. The zero-order valence-electron chi connectivity index (χ0n) is 16.4. The van der Waals surface area contributed by atoms with Crippen molar-refractivity contribution in [3.63, 3.8) is 0 Å². The second-order valence-corrected chi connectivity index (χ2v) is 7.27. The molecule has 8 heteroatoms. The Bertz CT molecular complexity index is 1120. The van der Waals surface area contributed by atoms with Crippen molar-refractivity contribution >= 4 is 17.6 Å². The number of para-hydroxylation sites is 1. The molecule has 0 bridgehead atoms. The van der Waals surface area contributed by atoms with Gasteiger partial charge in [-0.15, -0.1) is 0 Å². The normalized spacial score (nSPS) is 11.8. The van der Waals surface area contributed by atoms with Gasteiger partial charge in [0.05, 0.1) is 11.9 Å². The van der Waals surface area contributed by atoms with Crippen molar-refractivity contribution in [2.75, 3.05) is 0 Å². The van der Waals surface area contributed by atoms with Gasteiger partial charge in [-0.3, -0.25) is 0 Å². The maximum absolute atomic E-state index is 12.6. The first-order valence-corrected chi connectivity index (χ1v) is 9.84. The second-order valence-electron chi connectivity index (χ2n) is 6.84. The number of aryl methyl sites for hydroxylation is 1. The minimum absolute atomic E-state index is 0.301. The van der Waals surface area contributed by atoms with E-state index < -0.39 is 6.04 Å². The minimum Gasteiger partial charge on any atom is -0.336 e. The quantitative estimate of drug-likeness (QED) is 0.497. The van der Waals surface area contributed by atoms with Gasteiger partial charge < -0.3 is 15.2 Å². The van der Waals surface area contributed by atoms with E-state index in [1.807, 2.05) is 66.5 Å². The summed E-state index contributed by atoms with van der Waals surface area (Å²) < 4.78 is 3.66. The summed E-state index contributed by atoms with van der Waals surface area (Å²) in [5, 5.41) is 10.9. The number of nitrogens with zero attached hydrogens (tertiary/aromatic N) is 4. The second kappa shape index (κ2) is 8.84. The van der Waals surface area contributed by atoms with Crippen LogP contribution in [0.1, 0.15) is 23.0 Å². The number of aromatic nitrogens is 4. The van der Waals surface area contributed by atoms with E-state index in [4.69, 9.17) is 11.6 Å². The van der Waals surface area contributed by atoms with Crippen LogP contribution >= 0.6 is 11.6 Å². The Kier molecular flexibility index (Phi) is 5.81. The van der Waals surface area contributed by atoms with E-state index in [1.54, 1.807) is 29.2 Å². The van der Waals surface area contributed by atoms with Gasteiger partial charge in [0.15, 0.2) is 0 Å². The summed E-state index contributed by atoms with van der Waals surface area (Å²) in [6, 6.07) is 16.5. The zero-order valence-corrected chi connectivity index (χ0v) is 17.1. The molecule has 7 nitrogen and oxygen atoms in total. The highest BCUT2D eigenvalue weighted by atomic mass is 35.5. The topological polar surface area (TPSA) is 76.8 Å². The predicted octanol–water partition coefficient (Wildman–Crippen LogP) is 3.85. The Labute approximate surface area is 179 Å². The van der Waals surface area contributed by atoms with Crippen LogP contribution in [0.2, 0.25) is 5.02 Å². The number of urea groups is 1. The molecule has 0 aliphatic rings. The van der Waals surface area contributed by atoms with E-state index in [-0.39, 0.29) is 6.03 Å². The zero-order chi connectivity index (χ0) is 20.9. The molecule has 30 heavy (non-hydrogen) atoms. The van der Waals surface area contributed by atoms with Crippen molar-refractivity contribution < 1.29 is 4.79 Å². The van der Waals surface area contributed by atoms with E-state index in [2.05, 4.69) is 20.7 Å². The standard InChI is InChI=1S/C22H21ClN6O/c1-28-12-11-24-21(28)20(17-7-9-18(23)10-8-17)27-22(30)25-13-16-14-26-29(15-16)19-5-3-2-4-6-19/h2-12,14-15,20H,13H2,1H3,(H2,25,27,30). The molecule has 2 heterocycles. The molecule has 0 saturated carbocycles. The summed E-state index contributed by atoms with van der Waals surface area (Å²) in [6.07, 6.45) is 7.18. The number of hydrogen-bond donors (Lipinski definition) is 2. The predicted molar refractivity (Wildman–Crippen MR) is 115 cm³/mol. The maximum atomic E-state index is 12.6. The molecule has 0 aliphatic carbocycles. The molecule has 0 radical (unpaired) electrons. The number of benzene rings is 2. The minimum atomic E-state index is -0.408. The van der Waals surface area contributed by atoms with Crippen LogP contribution in [0.3, 0.4) is 0 Å². The Morgan fingerprint density at radius 1 is 1.13 bits per heavy atom. The number of rotatable bonds is 6. The SMILES string of the molecule is Cn1ccnc1C(NC(=O)NCc1cnn(-c2ccccc2)c1)c1ccc(Cl)cc1. The fourth-order valence-electron chi connectivity index (χ4n) is 3.15. The molecule has 0 aliphatic heterocycles. The number of carbonyl (C=O) groups excluding carboxylic acids is 1. The van der Waals surface area contributed by atoms with E-state index in [9.17, 15) is 4.79 Å². The summed E-state index contributed by atoms with van der Waals surface area (Å²) in [6.45, 7) is 0.354. The van der Waals surface area contributed by atoms with E-state index in [1.165, 1.54) is 0 Å². The van der Waals surface area contributed by atoms with Gasteiger partial charge in [0, 0.05) is 42.8 Å².